The van der Waals surface area contributed by atoms with Crippen molar-refractivity contribution < 1.29 is 0 Å². The molecule has 1 aliphatic heterocycles. The number of nitrogens with two attached hydrogens (primary N) is 1. The summed E-state index contributed by atoms with van der Waals surface area (Å²) in [6.07, 6.45) is 2.04. The van der Waals surface area contributed by atoms with Gasteiger partial charge in [0.05, 0.1) is 0 Å². The van der Waals surface area contributed by atoms with Crippen LogP contribution >= 0.6 is 0 Å². The minimum absolute atomic E-state index is 0.950. The number of hydrogen-bond acceptors (Lipinski definition) is 2. The lowest BCUT2D eigenvalue weighted by atomic mass is 9.98. The van der Waals surface area contributed by atoms with Crippen LogP contribution in [0.4, 0.5) is 5.69 Å². The van der Waals surface area contributed by atoms with E-state index in [1.54, 1.807) is 0 Å². The highest BCUT2D eigenvalue weighted by atomic mass is 15.1. The van der Waals surface area contributed by atoms with Gasteiger partial charge in [0.1, 0.15) is 0 Å². The van der Waals surface area contributed by atoms with Crippen LogP contribution in [0.5, 0.6) is 0 Å². The van der Waals surface area contributed by atoms with Crippen LogP contribution in [0.3, 0.4) is 0 Å². The Morgan fingerprint density at radius 2 is 2.31 bits per heavy atom. The summed E-state index contributed by atoms with van der Waals surface area (Å²) in [5.41, 5.74) is 9.65. The molecule has 1 aromatic carbocycles. The quantitative estimate of drug-likeness (QED) is 0.603. The number of rotatable bonds is 2. The van der Waals surface area contributed by atoms with E-state index in [1.807, 2.05) is 19.1 Å². The summed E-state index contributed by atoms with van der Waals surface area (Å²) in [7, 11) is 0. The average molecular weight is 214 g/mol. The zero-order valence-electron chi connectivity index (χ0n) is 9.79. The number of hydrogen-bond donors (Lipinski definition) is 1. The molecule has 0 aliphatic carbocycles. The molecule has 16 heavy (non-hydrogen) atoms. The molecular formula is C14H18N2. The molecule has 2 N–H and O–H groups in total. The molecule has 0 unspecified atom stereocenters. The highest BCUT2D eigenvalue weighted by Crippen LogP contribution is 2.23. The zero-order chi connectivity index (χ0) is 11.4. The van der Waals surface area contributed by atoms with Crippen LogP contribution in [-0.4, -0.2) is 18.0 Å². The molecule has 1 aliphatic rings. The number of anilines is 1. The van der Waals surface area contributed by atoms with E-state index >= 15 is 0 Å². The molecule has 0 aromatic heterocycles. The van der Waals surface area contributed by atoms with Gasteiger partial charge in [0.2, 0.25) is 0 Å². The van der Waals surface area contributed by atoms with E-state index in [-0.39, 0.29) is 0 Å². The Morgan fingerprint density at radius 1 is 1.44 bits per heavy atom. The van der Waals surface area contributed by atoms with Crippen LogP contribution in [0, 0.1) is 11.8 Å². The van der Waals surface area contributed by atoms with E-state index < -0.39 is 0 Å². The summed E-state index contributed by atoms with van der Waals surface area (Å²) in [6.45, 7) is 5.08. The van der Waals surface area contributed by atoms with E-state index in [4.69, 9.17) is 5.73 Å². The van der Waals surface area contributed by atoms with Crippen molar-refractivity contribution in [1.82, 2.24) is 4.90 Å². The highest BCUT2D eigenvalue weighted by Gasteiger charge is 2.16. The summed E-state index contributed by atoms with van der Waals surface area (Å²) >= 11 is 0. The van der Waals surface area contributed by atoms with Crippen molar-refractivity contribution in [1.29, 1.82) is 0 Å². The smallest absolute Gasteiger partial charge is 0.0350 e. The maximum absolute atomic E-state index is 5.97. The molecule has 0 fully saturated rings. The van der Waals surface area contributed by atoms with Crippen molar-refractivity contribution in [2.45, 2.75) is 26.3 Å². The molecule has 0 atom stereocenters. The molecule has 0 saturated carbocycles. The van der Waals surface area contributed by atoms with Gasteiger partial charge in [-0.3, -0.25) is 4.90 Å². The third-order valence-electron chi connectivity index (χ3n) is 3.11. The summed E-state index contributed by atoms with van der Waals surface area (Å²) in [6, 6.07) is 6.23. The molecule has 2 heteroatoms. The molecular weight excluding hydrogens is 196 g/mol. The molecule has 0 amide bonds. The van der Waals surface area contributed by atoms with Gasteiger partial charge in [-0.25, -0.2) is 0 Å². The predicted octanol–water partition coefficient (Wildman–Crippen LogP) is 2.04. The van der Waals surface area contributed by atoms with Crippen LogP contribution in [-0.2, 0) is 13.0 Å². The normalized spacial score (nSPS) is 15.1. The number of nitrogen functional groups attached to an aromatic ring is 1. The lowest BCUT2D eigenvalue weighted by Gasteiger charge is -2.28. The van der Waals surface area contributed by atoms with Gasteiger partial charge in [0, 0.05) is 31.7 Å². The third kappa shape index (κ3) is 2.37. The van der Waals surface area contributed by atoms with Gasteiger partial charge in [-0.15, -0.1) is 11.8 Å². The number of nitrogens with zero attached hydrogens (tertiary/aromatic N) is 1. The first-order valence-corrected chi connectivity index (χ1v) is 5.79. The zero-order valence-corrected chi connectivity index (χ0v) is 9.79. The molecule has 0 spiro atoms. The summed E-state index contributed by atoms with van der Waals surface area (Å²) < 4.78 is 0. The van der Waals surface area contributed by atoms with Crippen LogP contribution in [0.2, 0.25) is 0 Å². The van der Waals surface area contributed by atoms with E-state index in [0.717, 1.165) is 38.2 Å². The number of benzene rings is 1. The van der Waals surface area contributed by atoms with Gasteiger partial charge in [0.15, 0.2) is 0 Å². The van der Waals surface area contributed by atoms with Crippen LogP contribution in [0.15, 0.2) is 18.2 Å². The Morgan fingerprint density at radius 3 is 3.12 bits per heavy atom. The van der Waals surface area contributed by atoms with Gasteiger partial charge >= 0.3 is 0 Å². The first-order valence-electron chi connectivity index (χ1n) is 5.79. The molecule has 0 radical (unpaired) electrons. The molecule has 2 nitrogen and oxygen atoms in total. The van der Waals surface area contributed by atoms with Gasteiger partial charge in [-0.2, -0.15) is 0 Å². The SMILES string of the molecule is CC#CCCN1CCc2c(N)cccc2C1. The second-order valence-corrected chi connectivity index (χ2v) is 4.19. The fourth-order valence-electron chi connectivity index (χ4n) is 2.23. The van der Waals surface area contributed by atoms with Crippen molar-refractivity contribution in [3.8, 4) is 11.8 Å². The maximum Gasteiger partial charge on any atom is 0.0350 e. The van der Waals surface area contributed by atoms with E-state index in [9.17, 15) is 0 Å². The largest absolute Gasteiger partial charge is 0.398 e. The fourth-order valence-corrected chi connectivity index (χ4v) is 2.23. The Labute approximate surface area is 97.4 Å². The second-order valence-electron chi connectivity index (χ2n) is 4.19. The second kappa shape index (κ2) is 5.05. The van der Waals surface area contributed by atoms with Crippen LogP contribution < -0.4 is 5.73 Å². The van der Waals surface area contributed by atoms with Gasteiger partial charge in [-0.1, -0.05) is 12.1 Å². The molecule has 0 saturated heterocycles. The maximum atomic E-state index is 5.97. The lowest BCUT2D eigenvalue weighted by molar-refractivity contribution is 0.261. The van der Waals surface area contributed by atoms with Crippen molar-refractivity contribution in [2.24, 2.45) is 0 Å². The first kappa shape index (κ1) is 11.0. The molecule has 84 valence electrons. The number of fused-ring (bicyclic) bond motifs is 1. The molecule has 2 rings (SSSR count). The monoisotopic (exact) mass is 214 g/mol. The van der Waals surface area contributed by atoms with E-state index in [0.29, 0.717) is 0 Å². The van der Waals surface area contributed by atoms with Crippen LogP contribution in [0.1, 0.15) is 24.5 Å². The van der Waals surface area contributed by atoms with E-state index in [1.165, 1.54) is 11.1 Å². The molecule has 0 bridgehead atoms. The lowest BCUT2D eigenvalue weighted by Crippen LogP contribution is -2.31. The van der Waals surface area contributed by atoms with Gasteiger partial charge < -0.3 is 5.73 Å². The van der Waals surface area contributed by atoms with Crippen molar-refractivity contribution in [2.75, 3.05) is 18.8 Å². The Balaban J connectivity index is 2.03. The summed E-state index contributed by atoms with van der Waals surface area (Å²) in [5.74, 6) is 6.05. The molecule has 1 heterocycles. The topological polar surface area (TPSA) is 29.3 Å². The van der Waals surface area contributed by atoms with Crippen molar-refractivity contribution >= 4 is 5.69 Å². The fraction of sp³-hybridized carbons (Fsp3) is 0.429. The summed E-state index contributed by atoms with van der Waals surface area (Å²) in [4.78, 5) is 2.45. The minimum Gasteiger partial charge on any atom is -0.398 e. The Hall–Kier alpha value is -1.46. The van der Waals surface area contributed by atoms with Crippen molar-refractivity contribution in [3.63, 3.8) is 0 Å². The third-order valence-corrected chi connectivity index (χ3v) is 3.11. The molecule has 1 aromatic rings. The predicted molar refractivity (Wildman–Crippen MR) is 67.9 cm³/mol. The van der Waals surface area contributed by atoms with Gasteiger partial charge in [0.25, 0.3) is 0 Å². The highest BCUT2D eigenvalue weighted by molar-refractivity contribution is 5.51. The van der Waals surface area contributed by atoms with Gasteiger partial charge in [-0.05, 0) is 30.5 Å². The summed E-state index contributed by atoms with van der Waals surface area (Å²) in [5, 5.41) is 0. The Bertz CT molecular complexity index is 426. The standard InChI is InChI=1S/C14H18N2/c1-2-3-4-9-16-10-8-13-12(11-16)6-5-7-14(13)15/h5-7H,4,8-11,15H2,1H3. The average Bonchev–Trinajstić information content (AvgIpc) is 2.30. The van der Waals surface area contributed by atoms with E-state index in [2.05, 4.69) is 22.8 Å². The minimum atomic E-state index is 0.950. The first-order chi connectivity index (χ1) is 7.81. The Kier molecular flexibility index (Phi) is 3.48. The van der Waals surface area contributed by atoms with Crippen molar-refractivity contribution in [3.05, 3.63) is 29.3 Å². The van der Waals surface area contributed by atoms with Crippen LogP contribution in [0.25, 0.3) is 0 Å².